The molecule has 1 aliphatic carbocycles. The normalized spacial score (nSPS) is 18.3. The second-order valence-electron chi connectivity index (χ2n) is 6.76. The van der Waals surface area contributed by atoms with Crippen LogP contribution >= 0.6 is 0 Å². The van der Waals surface area contributed by atoms with Gasteiger partial charge in [0.1, 0.15) is 6.26 Å². The number of carbonyl (C=O) groups excluding carboxylic acids is 2. The van der Waals surface area contributed by atoms with Crippen LogP contribution in [0, 0.1) is 5.92 Å². The maximum Gasteiger partial charge on any atom is 0.245 e. The van der Waals surface area contributed by atoms with Crippen LogP contribution in [0.5, 0.6) is 0 Å². The van der Waals surface area contributed by atoms with Crippen molar-refractivity contribution in [2.45, 2.75) is 38.5 Å². The zero-order valence-electron chi connectivity index (χ0n) is 15.1. The van der Waals surface area contributed by atoms with E-state index < -0.39 is 0 Å². The van der Waals surface area contributed by atoms with Crippen LogP contribution in [0.25, 0.3) is 0 Å². The molecule has 3 rings (SSSR count). The van der Waals surface area contributed by atoms with E-state index in [0.717, 1.165) is 25.7 Å². The molecule has 1 aromatic carbocycles. The number of nitrogens with one attached hydrogen (secondary N) is 1. The van der Waals surface area contributed by atoms with Gasteiger partial charge in [-0.15, -0.1) is 0 Å². The molecule has 1 aliphatic rings. The van der Waals surface area contributed by atoms with Crippen molar-refractivity contribution >= 4 is 17.6 Å². The van der Waals surface area contributed by atoms with Gasteiger partial charge in [0.25, 0.3) is 0 Å². The van der Waals surface area contributed by atoms with Crippen LogP contribution < -0.4 is 5.32 Å². The second-order valence-corrected chi connectivity index (χ2v) is 6.76. The number of anilines is 1. The van der Waals surface area contributed by atoms with Gasteiger partial charge >= 0.3 is 0 Å². The summed E-state index contributed by atoms with van der Waals surface area (Å²) in [6.07, 6.45) is 5.28. The van der Waals surface area contributed by atoms with Crippen molar-refractivity contribution in [3.8, 4) is 0 Å². The van der Waals surface area contributed by atoms with E-state index in [1.165, 1.54) is 11.8 Å². The maximum atomic E-state index is 12.9. The zero-order valence-corrected chi connectivity index (χ0v) is 15.1. The molecule has 1 saturated carbocycles. The lowest BCUT2D eigenvalue weighted by Crippen LogP contribution is -2.39. The van der Waals surface area contributed by atoms with Crippen molar-refractivity contribution in [1.82, 2.24) is 10.1 Å². The highest BCUT2D eigenvalue weighted by molar-refractivity contribution is 5.94. The molecular formula is C20H25N3O3. The predicted octanol–water partition coefficient (Wildman–Crippen LogP) is 3.44. The minimum Gasteiger partial charge on any atom is -0.363 e. The molecule has 0 bridgehead atoms. The molecule has 0 radical (unpaired) electrons. The van der Waals surface area contributed by atoms with Crippen LogP contribution in [-0.2, 0) is 9.59 Å². The van der Waals surface area contributed by atoms with Gasteiger partial charge in [-0.2, -0.15) is 0 Å². The van der Waals surface area contributed by atoms with Crippen LogP contribution in [0.4, 0.5) is 5.82 Å². The monoisotopic (exact) mass is 355 g/mol. The Morgan fingerprint density at radius 1 is 1.23 bits per heavy atom. The van der Waals surface area contributed by atoms with Crippen LogP contribution in [0.3, 0.4) is 0 Å². The van der Waals surface area contributed by atoms with E-state index >= 15 is 0 Å². The molecule has 138 valence electrons. The molecule has 0 spiro atoms. The summed E-state index contributed by atoms with van der Waals surface area (Å²) in [5, 5.41) is 6.33. The van der Waals surface area contributed by atoms with Gasteiger partial charge in [0, 0.05) is 18.5 Å². The Labute approximate surface area is 153 Å². The number of nitrogens with zero attached hydrogens (tertiary/aromatic N) is 2. The Balaban J connectivity index is 1.60. The molecule has 0 unspecified atom stereocenters. The summed E-state index contributed by atoms with van der Waals surface area (Å²) in [6, 6.07) is 11.7. The Hall–Kier alpha value is -2.63. The quantitative estimate of drug-likeness (QED) is 0.699. The first-order valence-electron chi connectivity index (χ1n) is 9.23. The van der Waals surface area contributed by atoms with Gasteiger partial charge in [-0.1, -0.05) is 55.3 Å². The largest absolute Gasteiger partial charge is 0.363 e. The van der Waals surface area contributed by atoms with E-state index in [1.54, 1.807) is 11.0 Å². The van der Waals surface area contributed by atoms with E-state index in [2.05, 4.69) is 29.5 Å². The minimum atomic E-state index is -0.249. The molecule has 2 amide bonds. The average Bonchev–Trinajstić information content (AvgIpc) is 3.30. The molecule has 0 aliphatic heterocycles. The number of carbonyl (C=O) groups is 2. The first-order chi connectivity index (χ1) is 12.7. The number of benzene rings is 1. The highest BCUT2D eigenvalue weighted by atomic mass is 16.5. The lowest BCUT2D eigenvalue weighted by atomic mass is 10.1. The van der Waals surface area contributed by atoms with Crippen molar-refractivity contribution in [1.29, 1.82) is 0 Å². The number of unbranched alkanes of at least 4 members (excludes halogenated alkanes) is 2. The molecule has 2 atom stereocenters. The highest BCUT2D eigenvalue weighted by Gasteiger charge is 2.45. The summed E-state index contributed by atoms with van der Waals surface area (Å²) in [7, 11) is 0. The molecular weight excluding hydrogens is 330 g/mol. The van der Waals surface area contributed by atoms with Crippen LogP contribution in [0.1, 0.15) is 44.1 Å². The Kier molecular flexibility index (Phi) is 6.04. The molecule has 6 heteroatoms. The zero-order chi connectivity index (χ0) is 18.4. The molecule has 2 aromatic rings. The molecule has 6 nitrogen and oxygen atoms in total. The van der Waals surface area contributed by atoms with Crippen LogP contribution in [-0.4, -0.2) is 35.0 Å². The molecule has 1 heterocycles. The van der Waals surface area contributed by atoms with Gasteiger partial charge in [-0.3, -0.25) is 9.59 Å². The summed E-state index contributed by atoms with van der Waals surface area (Å²) in [6.45, 7) is 2.78. The third-order valence-electron chi connectivity index (χ3n) is 4.72. The van der Waals surface area contributed by atoms with E-state index in [9.17, 15) is 9.59 Å². The van der Waals surface area contributed by atoms with Crippen molar-refractivity contribution in [3.05, 3.63) is 48.2 Å². The molecule has 1 fully saturated rings. The Morgan fingerprint density at radius 2 is 2.04 bits per heavy atom. The third-order valence-corrected chi connectivity index (χ3v) is 4.72. The molecule has 0 saturated heterocycles. The van der Waals surface area contributed by atoms with E-state index in [1.807, 2.05) is 18.2 Å². The van der Waals surface area contributed by atoms with Crippen LogP contribution in [0.15, 0.2) is 47.2 Å². The van der Waals surface area contributed by atoms with E-state index in [4.69, 9.17) is 4.52 Å². The Morgan fingerprint density at radius 3 is 2.73 bits per heavy atom. The fraction of sp³-hybridized carbons (Fsp3) is 0.450. The maximum absolute atomic E-state index is 12.9. The van der Waals surface area contributed by atoms with E-state index in [-0.39, 0.29) is 30.2 Å². The number of rotatable bonds is 9. The second kappa shape index (κ2) is 8.65. The van der Waals surface area contributed by atoms with Gasteiger partial charge in [-0.05, 0) is 24.3 Å². The van der Waals surface area contributed by atoms with Gasteiger partial charge in [-0.25, -0.2) is 0 Å². The van der Waals surface area contributed by atoms with Crippen molar-refractivity contribution in [2.75, 3.05) is 18.4 Å². The SMILES string of the molecule is CCCCCN(CC(=O)Nc1ccon1)C(=O)[C@@H]1C[C@H]1c1ccccc1. The number of aromatic nitrogens is 1. The smallest absolute Gasteiger partial charge is 0.245 e. The first-order valence-corrected chi connectivity index (χ1v) is 9.23. The van der Waals surface area contributed by atoms with Gasteiger partial charge in [0.2, 0.25) is 11.8 Å². The van der Waals surface area contributed by atoms with Gasteiger partial charge in [0.15, 0.2) is 5.82 Å². The van der Waals surface area contributed by atoms with Crippen LogP contribution in [0.2, 0.25) is 0 Å². The number of hydrogen-bond acceptors (Lipinski definition) is 4. The van der Waals surface area contributed by atoms with Gasteiger partial charge in [0.05, 0.1) is 6.54 Å². The fourth-order valence-corrected chi connectivity index (χ4v) is 3.22. The molecule has 26 heavy (non-hydrogen) atoms. The standard InChI is InChI=1S/C20H25N3O3/c1-2-3-7-11-23(14-19(24)21-18-10-12-26-22-18)20(25)17-13-16(17)15-8-5-4-6-9-15/h4-6,8-10,12,16-17H,2-3,7,11,13-14H2,1H3,(H,21,22,24)/t16-,17+/m0/s1. The molecule has 1 aromatic heterocycles. The predicted molar refractivity (Wildman–Crippen MR) is 98.5 cm³/mol. The number of hydrogen-bond donors (Lipinski definition) is 1. The average molecular weight is 355 g/mol. The third kappa shape index (κ3) is 4.71. The lowest BCUT2D eigenvalue weighted by molar-refractivity contribution is -0.136. The topological polar surface area (TPSA) is 75.4 Å². The fourth-order valence-electron chi connectivity index (χ4n) is 3.22. The van der Waals surface area contributed by atoms with E-state index in [0.29, 0.717) is 12.4 Å². The highest BCUT2D eigenvalue weighted by Crippen LogP contribution is 2.48. The summed E-state index contributed by atoms with van der Waals surface area (Å²) < 4.78 is 4.71. The van der Waals surface area contributed by atoms with Crippen molar-refractivity contribution in [2.24, 2.45) is 5.92 Å². The summed E-state index contributed by atoms with van der Waals surface area (Å²) in [5.74, 6) is 0.449. The summed E-state index contributed by atoms with van der Waals surface area (Å²) >= 11 is 0. The summed E-state index contributed by atoms with van der Waals surface area (Å²) in [5.41, 5.74) is 1.20. The lowest BCUT2D eigenvalue weighted by Gasteiger charge is -2.22. The summed E-state index contributed by atoms with van der Waals surface area (Å²) in [4.78, 5) is 26.9. The Bertz CT molecular complexity index is 715. The first kappa shape index (κ1) is 18.2. The van der Waals surface area contributed by atoms with Crippen molar-refractivity contribution < 1.29 is 14.1 Å². The molecule has 1 N–H and O–H groups in total. The minimum absolute atomic E-state index is 0.0149. The van der Waals surface area contributed by atoms with Gasteiger partial charge < -0.3 is 14.7 Å². The van der Waals surface area contributed by atoms with Crippen molar-refractivity contribution in [3.63, 3.8) is 0 Å². The number of amides is 2.